The van der Waals surface area contributed by atoms with E-state index >= 15 is 0 Å². The summed E-state index contributed by atoms with van der Waals surface area (Å²) in [6.45, 7) is 2.56. The van der Waals surface area contributed by atoms with E-state index in [0.29, 0.717) is 22.5 Å². The Balaban J connectivity index is 2.03. The highest BCUT2D eigenvalue weighted by atomic mass is 32.1. The van der Waals surface area contributed by atoms with Gasteiger partial charge in [-0.15, -0.1) is 11.3 Å². The first-order chi connectivity index (χ1) is 13.6. The number of fused-ring (bicyclic) bond motifs is 1. The van der Waals surface area contributed by atoms with Crippen LogP contribution in [0, 0.1) is 0 Å². The van der Waals surface area contributed by atoms with Crippen LogP contribution >= 0.6 is 11.3 Å². The van der Waals surface area contributed by atoms with E-state index < -0.39 is 5.69 Å². The lowest BCUT2D eigenvalue weighted by Gasteiger charge is -2.14. The number of aromatic nitrogens is 2. The first kappa shape index (κ1) is 19.9. The summed E-state index contributed by atoms with van der Waals surface area (Å²) < 4.78 is 8.32. The molecule has 0 saturated heterocycles. The Morgan fingerprint density at radius 1 is 1.18 bits per heavy atom. The number of para-hydroxylation sites is 1. The summed E-state index contributed by atoms with van der Waals surface area (Å²) in [7, 11) is 1.54. The molecule has 0 fully saturated rings. The molecule has 28 heavy (non-hydrogen) atoms. The number of rotatable bonds is 8. The van der Waals surface area contributed by atoms with Crippen LogP contribution in [0.3, 0.4) is 0 Å². The third kappa shape index (κ3) is 4.01. The van der Waals surface area contributed by atoms with Gasteiger partial charge in [-0.05, 0) is 23.9 Å². The minimum atomic E-state index is -0.507. The zero-order valence-electron chi connectivity index (χ0n) is 15.9. The second kappa shape index (κ2) is 8.88. The van der Waals surface area contributed by atoms with Gasteiger partial charge < -0.3 is 10.1 Å². The maximum Gasteiger partial charge on any atom is 0.332 e. The average Bonchev–Trinajstić information content (AvgIpc) is 3.19. The van der Waals surface area contributed by atoms with E-state index in [0.717, 1.165) is 23.0 Å². The SMILES string of the molecule is CCCCNC(=O)Cn1c(=O)n(Cc2ccccc2OC)c(=O)c2sccc21. The van der Waals surface area contributed by atoms with Crippen molar-refractivity contribution in [2.75, 3.05) is 13.7 Å². The van der Waals surface area contributed by atoms with Crippen LogP contribution in [0.2, 0.25) is 0 Å². The number of hydrogen-bond acceptors (Lipinski definition) is 5. The van der Waals surface area contributed by atoms with Crippen LogP contribution in [0.15, 0.2) is 45.3 Å². The number of benzene rings is 1. The molecule has 0 atom stereocenters. The van der Waals surface area contributed by atoms with Gasteiger partial charge in [-0.25, -0.2) is 4.79 Å². The first-order valence-corrected chi connectivity index (χ1v) is 10.0. The molecule has 8 heteroatoms. The quantitative estimate of drug-likeness (QED) is 0.587. The van der Waals surface area contributed by atoms with Gasteiger partial charge in [-0.1, -0.05) is 31.5 Å². The Morgan fingerprint density at radius 3 is 2.71 bits per heavy atom. The van der Waals surface area contributed by atoms with E-state index in [9.17, 15) is 14.4 Å². The van der Waals surface area contributed by atoms with Gasteiger partial charge in [0.1, 0.15) is 17.0 Å². The molecule has 1 N–H and O–H groups in total. The lowest BCUT2D eigenvalue weighted by molar-refractivity contribution is -0.121. The number of carbonyl (C=O) groups is 1. The van der Waals surface area contributed by atoms with E-state index in [-0.39, 0.29) is 24.6 Å². The van der Waals surface area contributed by atoms with E-state index in [1.165, 1.54) is 15.9 Å². The average molecular weight is 401 g/mol. The van der Waals surface area contributed by atoms with E-state index in [4.69, 9.17) is 4.74 Å². The Morgan fingerprint density at radius 2 is 1.96 bits per heavy atom. The Bertz CT molecular complexity index is 1100. The molecule has 0 aliphatic rings. The highest BCUT2D eigenvalue weighted by Gasteiger charge is 2.17. The van der Waals surface area contributed by atoms with Gasteiger partial charge in [0.2, 0.25) is 5.91 Å². The van der Waals surface area contributed by atoms with Crippen molar-refractivity contribution >= 4 is 27.5 Å². The van der Waals surface area contributed by atoms with Crippen molar-refractivity contribution in [2.24, 2.45) is 0 Å². The number of amides is 1. The van der Waals surface area contributed by atoms with E-state index in [2.05, 4.69) is 5.32 Å². The molecule has 0 radical (unpaired) electrons. The Labute approximate surface area is 166 Å². The number of ether oxygens (including phenoxy) is 1. The lowest BCUT2D eigenvalue weighted by Crippen LogP contribution is -2.42. The summed E-state index contributed by atoms with van der Waals surface area (Å²) in [4.78, 5) is 38.2. The molecular weight excluding hydrogens is 378 g/mol. The molecule has 0 bridgehead atoms. The highest BCUT2D eigenvalue weighted by molar-refractivity contribution is 7.17. The largest absolute Gasteiger partial charge is 0.496 e. The minimum Gasteiger partial charge on any atom is -0.496 e. The summed E-state index contributed by atoms with van der Waals surface area (Å²) >= 11 is 1.26. The van der Waals surface area contributed by atoms with Gasteiger partial charge in [-0.2, -0.15) is 0 Å². The molecule has 0 aliphatic heterocycles. The molecule has 2 aromatic heterocycles. The summed E-state index contributed by atoms with van der Waals surface area (Å²) in [5, 5.41) is 4.57. The molecule has 148 valence electrons. The summed E-state index contributed by atoms with van der Waals surface area (Å²) in [5.41, 5.74) is 0.344. The lowest BCUT2D eigenvalue weighted by atomic mass is 10.2. The normalized spacial score (nSPS) is 10.9. The number of nitrogens with one attached hydrogen (secondary N) is 1. The molecule has 3 aromatic rings. The topological polar surface area (TPSA) is 82.3 Å². The molecule has 7 nitrogen and oxygen atoms in total. The molecule has 3 rings (SSSR count). The smallest absolute Gasteiger partial charge is 0.332 e. The summed E-state index contributed by atoms with van der Waals surface area (Å²) in [6.07, 6.45) is 1.85. The van der Waals surface area contributed by atoms with Crippen LogP contribution in [0.4, 0.5) is 0 Å². The van der Waals surface area contributed by atoms with Gasteiger partial charge in [0, 0.05) is 12.1 Å². The fourth-order valence-corrected chi connectivity index (χ4v) is 3.88. The molecule has 2 heterocycles. The fraction of sp³-hybridized carbons (Fsp3) is 0.350. The van der Waals surface area contributed by atoms with Gasteiger partial charge in [-0.3, -0.25) is 18.7 Å². The third-order valence-electron chi connectivity index (χ3n) is 4.51. The zero-order chi connectivity index (χ0) is 20.1. The van der Waals surface area contributed by atoms with Crippen molar-refractivity contribution in [1.82, 2.24) is 14.5 Å². The fourth-order valence-electron chi connectivity index (χ4n) is 3.03. The van der Waals surface area contributed by atoms with E-state index in [1.807, 2.05) is 25.1 Å². The first-order valence-electron chi connectivity index (χ1n) is 9.16. The van der Waals surface area contributed by atoms with Gasteiger partial charge in [0.25, 0.3) is 5.56 Å². The van der Waals surface area contributed by atoms with Gasteiger partial charge in [0.05, 0.1) is 19.2 Å². The molecule has 0 spiro atoms. The molecule has 0 unspecified atom stereocenters. The monoisotopic (exact) mass is 401 g/mol. The number of thiophene rings is 1. The molecule has 0 saturated carbocycles. The number of methoxy groups -OCH3 is 1. The molecule has 0 aliphatic carbocycles. The van der Waals surface area contributed by atoms with Crippen LogP contribution in [-0.2, 0) is 17.9 Å². The number of unbranched alkanes of at least 4 members (excludes halogenated alkanes) is 1. The molecular formula is C20H23N3O4S. The third-order valence-corrected chi connectivity index (χ3v) is 5.40. The van der Waals surface area contributed by atoms with Crippen LogP contribution < -0.4 is 21.3 Å². The maximum absolute atomic E-state index is 13.1. The standard InChI is InChI=1S/C20H23N3O4S/c1-3-4-10-21-17(24)13-22-15-9-11-28-18(15)19(25)23(20(22)26)12-14-7-5-6-8-16(14)27-2/h5-9,11H,3-4,10,12-13H2,1-2H3,(H,21,24). The summed E-state index contributed by atoms with van der Waals surface area (Å²) in [5.74, 6) is 0.356. The highest BCUT2D eigenvalue weighted by Crippen LogP contribution is 2.19. The second-order valence-corrected chi connectivity index (χ2v) is 7.33. The Hall–Kier alpha value is -2.87. The predicted molar refractivity (Wildman–Crippen MR) is 110 cm³/mol. The van der Waals surface area contributed by atoms with Crippen molar-refractivity contribution in [3.8, 4) is 5.75 Å². The second-order valence-electron chi connectivity index (χ2n) is 6.41. The van der Waals surface area contributed by atoms with Crippen LogP contribution in [0.25, 0.3) is 10.2 Å². The maximum atomic E-state index is 13.1. The summed E-state index contributed by atoms with van der Waals surface area (Å²) in [6, 6.07) is 8.95. The number of nitrogens with zero attached hydrogens (tertiary/aromatic N) is 2. The minimum absolute atomic E-state index is 0.0764. The van der Waals surface area contributed by atoms with Crippen LogP contribution in [0.5, 0.6) is 5.75 Å². The van der Waals surface area contributed by atoms with Crippen molar-refractivity contribution in [1.29, 1.82) is 0 Å². The number of hydrogen-bond donors (Lipinski definition) is 1. The zero-order valence-corrected chi connectivity index (χ0v) is 16.8. The van der Waals surface area contributed by atoms with Crippen molar-refractivity contribution < 1.29 is 9.53 Å². The van der Waals surface area contributed by atoms with Gasteiger partial charge >= 0.3 is 5.69 Å². The van der Waals surface area contributed by atoms with E-state index in [1.54, 1.807) is 24.6 Å². The Kier molecular flexibility index (Phi) is 6.30. The molecule has 1 amide bonds. The van der Waals surface area contributed by atoms with Crippen LogP contribution in [0.1, 0.15) is 25.3 Å². The van der Waals surface area contributed by atoms with Crippen molar-refractivity contribution in [3.05, 3.63) is 62.1 Å². The van der Waals surface area contributed by atoms with Gasteiger partial charge in [0.15, 0.2) is 0 Å². The van der Waals surface area contributed by atoms with Crippen molar-refractivity contribution in [2.45, 2.75) is 32.9 Å². The number of carbonyl (C=O) groups excluding carboxylic acids is 1. The predicted octanol–water partition coefficient (Wildman–Crippen LogP) is 2.20. The van der Waals surface area contributed by atoms with Crippen LogP contribution in [-0.4, -0.2) is 28.7 Å². The van der Waals surface area contributed by atoms with Crippen molar-refractivity contribution in [3.63, 3.8) is 0 Å². The molecule has 1 aromatic carbocycles.